The van der Waals surface area contributed by atoms with Crippen LogP contribution in [0.25, 0.3) is 11.6 Å². The number of rotatable bonds is 6. The van der Waals surface area contributed by atoms with Crippen LogP contribution in [0.3, 0.4) is 0 Å². The second-order valence-electron chi connectivity index (χ2n) is 6.61. The van der Waals surface area contributed by atoms with E-state index in [9.17, 15) is 4.79 Å². The number of anilines is 1. The highest BCUT2D eigenvalue weighted by Crippen LogP contribution is 2.35. The Balaban J connectivity index is 1.59. The Morgan fingerprint density at radius 1 is 0.966 bits per heavy atom. The number of nitrogens with one attached hydrogen (secondary N) is 1. The molecule has 1 aliphatic rings. The van der Waals surface area contributed by atoms with Crippen LogP contribution in [0.4, 0.5) is 5.69 Å². The van der Waals surface area contributed by atoms with Gasteiger partial charge in [-0.1, -0.05) is 48.0 Å². The predicted octanol–water partition coefficient (Wildman–Crippen LogP) is 5.81. The number of para-hydroxylation sites is 1. The fourth-order valence-electron chi connectivity index (χ4n) is 3.19. The molecule has 0 spiro atoms. The van der Waals surface area contributed by atoms with E-state index in [-0.39, 0.29) is 5.91 Å². The molecule has 1 aliphatic heterocycles. The van der Waals surface area contributed by atoms with Crippen LogP contribution >= 0.6 is 11.6 Å². The van der Waals surface area contributed by atoms with Crippen molar-refractivity contribution in [2.45, 2.75) is 13.5 Å². The van der Waals surface area contributed by atoms with E-state index in [0.717, 1.165) is 22.4 Å². The first-order valence-corrected chi connectivity index (χ1v) is 9.78. The summed E-state index contributed by atoms with van der Waals surface area (Å²) in [6.45, 7) is 2.85. The van der Waals surface area contributed by atoms with Gasteiger partial charge in [-0.25, -0.2) is 0 Å². The number of hydrogen-bond acceptors (Lipinski definition) is 3. The van der Waals surface area contributed by atoms with Gasteiger partial charge in [-0.05, 0) is 54.5 Å². The van der Waals surface area contributed by atoms with E-state index in [1.165, 1.54) is 0 Å². The molecule has 0 radical (unpaired) electrons. The van der Waals surface area contributed by atoms with Crippen LogP contribution in [-0.4, -0.2) is 12.5 Å². The van der Waals surface area contributed by atoms with E-state index < -0.39 is 0 Å². The Morgan fingerprint density at radius 3 is 2.55 bits per heavy atom. The number of ether oxygens (including phenoxy) is 2. The average Bonchev–Trinajstić information content (AvgIpc) is 3.04. The summed E-state index contributed by atoms with van der Waals surface area (Å²) in [4.78, 5) is 12.4. The van der Waals surface area contributed by atoms with E-state index >= 15 is 0 Å². The molecule has 4 rings (SSSR count). The third-order valence-electron chi connectivity index (χ3n) is 4.60. The molecule has 0 bridgehead atoms. The molecular formula is C24H20ClNO3. The molecule has 0 saturated heterocycles. The van der Waals surface area contributed by atoms with Crippen molar-refractivity contribution in [2.75, 3.05) is 11.9 Å². The van der Waals surface area contributed by atoms with Gasteiger partial charge in [0.05, 0.1) is 6.61 Å². The van der Waals surface area contributed by atoms with Crippen LogP contribution in [-0.2, 0) is 11.4 Å². The van der Waals surface area contributed by atoms with Crippen LogP contribution in [0.15, 0.2) is 66.7 Å². The molecule has 0 aliphatic carbocycles. The zero-order valence-electron chi connectivity index (χ0n) is 15.9. The van der Waals surface area contributed by atoms with Crippen LogP contribution in [0.5, 0.6) is 11.5 Å². The van der Waals surface area contributed by atoms with Crippen molar-refractivity contribution in [1.29, 1.82) is 0 Å². The number of halogens is 1. The Bertz CT molecular complexity index is 1070. The van der Waals surface area contributed by atoms with Gasteiger partial charge in [-0.2, -0.15) is 0 Å². The smallest absolute Gasteiger partial charge is 0.256 e. The molecule has 29 heavy (non-hydrogen) atoms. The maximum absolute atomic E-state index is 12.4. The van der Waals surface area contributed by atoms with Crippen molar-refractivity contribution >= 4 is 34.8 Å². The molecule has 4 nitrogen and oxygen atoms in total. The van der Waals surface area contributed by atoms with Crippen molar-refractivity contribution < 1.29 is 14.3 Å². The molecule has 3 aromatic rings. The number of fused-ring (bicyclic) bond motifs is 1. The molecule has 5 heteroatoms. The lowest BCUT2D eigenvalue weighted by atomic mass is 10.0. The second kappa shape index (κ2) is 8.41. The molecule has 1 amide bonds. The number of hydrogen-bond donors (Lipinski definition) is 1. The van der Waals surface area contributed by atoms with Gasteiger partial charge >= 0.3 is 0 Å². The summed E-state index contributed by atoms with van der Waals surface area (Å²) in [5.74, 6) is 1.19. The summed E-state index contributed by atoms with van der Waals surface area (Å²) in [7, 11) is 0. The van der Waals surface area contributed by atoms with Crippen LogP contribution < -0.4 is 14.8 Å². The van der Waals surface area contributed by atoms with Crippen molar-refractivity contribution in [2.24, 2.45) is 0 Å². The van der Waals surface area contributed by atoms with Gasteiger partial charge in [0.1, 0.15) is 6.61 Å². The second-order valence-corrected chi connectivity index (χ2v) is 7.05. The average molecular weight is 406 g/mol. The lowest BCUT2D eigenvalue weighted by Gasteiger charge is -2.13. The highest BCUT2D eigenvalue weighted by molar-refractivity contribution is 6.34. The van der Waals surface area contributed by atoms with Crippen molar-refractivity contribution in [1.82, 2.24) is 0 Å². The lowest BCUT2D eigenvalue weighted by Crippen LogP contribution is -2.03. The first-order chi connectivity index (χ1) is 14.1. The predicted molar refractivity (Wildman–Crippen MR) is 116 cm³/mol. The topological polar surface area (TPSA) is 47.6 Å². The van der Waals surface area contributed by atoms with E-state index in [2.05, 4.69) is 5.32 Å². The summed E-state index contributed by atoms with van der Waals surface area (Å²) in [6.07, 6.45) is 1.87. The first kappa shape index (κ1) is 19.1. The quantitative estimate of drug-likeness (QED) is 0.526. The van der Waals surface area contributed by atoms with Gasteiger partial charge in [0.15, 0.2) is 11.5 Å². The van der Waals surface area contributed by atoms with E-state index in [4.69, 9.17) is 21.1 Å². The standard InChI is InChI=1S/C24H20ClNO3/c1-2-28-23-14-17(13-20-19-5-3-4-6-21(19)26-24(20)27)9-12-22(23)29-15-16-7-10-18(25)11-8-16/h3-14H,2,15H2,1H3,(H,26,27)/b20-13-. The van der Waals surface area contributed by atoms with Crippen LogP contribution in [0.1, 0.15) is 23.6 Å². The molecular weight excluding hydrogens is 386 g/mol. The summed E-state index contributed by atoms with van der Waals surface area (Å²) in [5.41, 5.74) is 4.25. The zero-order valence-corrected chi connectivity index (χ0v) is 16.7. The largest absolute Gasteiger partial charge is 0.490 e. The van der Waals surface area contributed by atoms with E-state index in [1.807, 2.05) is 79.7 Å². The third kappa shape index (κ3) is 4.28. The lowest BCUT2D eigenvalue weighted by molar-refractivity contribution is -0.110. The van der Waals surface area contributed by atoms with E-state index in [1.54, 1.807) is 0 Å². The number of carbonyl (C=O) groups is 1. The third-order valence-corrected chi connectivity index (χ3v) is 4.85. The highest BCUT2D eigenvalue weighted by atomic mass is 35.5. The van der Waals surface area contributed by atoms with Crippen molar-refractivity contribution in [3.63, 3.8) is 0 Å². The molecule has 1 N–H and O–H groups in total. The minimum absolute atomic E-state index is 0.104. The maximum atomic E-state index is 12.4. The Morgan fingerprint density at radius 2 is 1.76 bits per heavy atom. The van der Waals surface area contributed by atoms with Gasteiger partial charge in [0.2, 0.25) is 0 Å². The molecule has 0 aromatic heterocycles. The summed E-state index contributed by atoms with van der Waals surface area (Å²) >= 11 is 5.93. The maximum Gasteiger partial charge on any atom is 0.256 e. The van der Waals surface area contributed by atoms with Gasteiger partial charge in [-0.15, -0.1) is 0 Å². The minimum atomic E-state index is -0.104. The normalized spacial score (nSPS) is 13.9. The van der Waals surface area contributed by atoms with E-state index in [0.29, 0.717) is 35.3 Å². The Kier molecular flexibility index (Phi) is 5.54. The van der Waals surface area contributed by atoms with Gasteiger partial charge < -0.3 is 14.8 Å². The molecule has 3 aromatic carbocycles. The van der Waals surface area contributed by atoms with Gasteiger partial charge in [-0.3, -0.25) is 4.79 Å². The monoisotopic (exact) mass is 405 g/mol. The molecule has 1 heterocycles. The highest BCUT2D eigenvalue weighted by Gasteiger charge is 2.23. The fourth-order valence-corrected chi connectivity index (χ4v) is 3.32. The zero-order chi connectivity index (χ0) is 20.2. The molecule has 0 fully saturated rings. The Hall–Kier alpha value is -3.24. The first-order valence-electron chi connectivity index (χ1n) is 9.40. The summed E-state index contributed by atoms with van der Waals surface area (Å²) < 4.78 is 11.7. The molecule has 0 atom stereocenters. The molecule has 0 saturated carbocycles. The molecule has 0 unspecified atom stereocenters. The minimum Gasteiger partial charge on any atom is -0.490 e. The van der Waals surface area contributed by atoms with Gasteiger partial charge in [0, 0.05) is 21.8 Å². The number of amides is 1. The van der Waals surface area contributed by atoms with Crippen LogP contribution in [0.2, 0.25) is 5.02 Å². The van der Waals surface area contributed by atoms with Crippen molar-refractivity contribution in [3.05, 3.63) is 88.4 Å². The van der Waals surface area contributed by atoms with Crippen molar-refractivity contribution in [3.8, 4) is 11.5 Å². The SMILES string of the molecule is CCOc1cc(/C=C2\C(=O)Nc3ccccc32)ccc1OCc1ccc(Cl)cc1. The number of benzene rings is 3. The van der Waals surface area contributed by atoms with Crippen LogP contribution in [0, 0.1) is 0 Å². The fraction of sp³-hybridized carbons (Fsp3) is 0.125. The summed E-state index contributed by atoms with van der Waals surface area (Å²) in [5, 5.41) is 3.58. The Labute approximate surface area is 174 Å². The van der Waals surface area contributed by atoms with Gasteiger partial charge in [0.25, 0.3) is 5.91 Å². The summed E-state index contributed by atoms with van der Waals surface area (Å²) in [6, 6.07) is 20.9. The molecule has 146 valence electrons. The number of carbonyl (C=O) groups excluding carboxylic acids is 1.